The summed E-state index contributed by atoms with van der Waals surface area (Å²) in [6.07, 6.45) is 2.03. The summed E-state index contributed by atoms with van der Waals surface area (Å²) in [7, 11) is -3.54. The van der Waals surface area contributed by atoms with Gasteiger partial charge in [-0.15, -0.1) is 10.2 Å². The van der Waals surface area contributed by atoms with Crippen LogP contribution in [0.25, 0.3) is 0 Å². The molecular formula is C18H27N5O2S. The molecule has 0 radical (unpaired) electrons. The Bertz CT molecular complexity index is 817. The fourth-order valence-corrected chi connectivity index (χ4v) is 4.07. The van der Waals surface area contributed by atoms with Crippen LogP contribution in [0.15, 0.2) is 35.2 Å². The minimum absolute atomic E-state index is 0.149. The van der Waals surface area contributed by atoms with Crippen molar-refractivity contribution >= 4 is 10.0 Å². The van der Waals surface area contributed by atoms with Crippen molar-refractivity contribution in [2.45, 2.75) is 44.7 Å². The van der Waals surface area contributed by atoms with Gasteiger partial charge in [-0.3, -0.25) is 0 Å². The SMILES string of the molecule is CC(C)CCN1CCc2nnc(CNS(=O)(=O)c3ccccc3)n2CC1. The number of aromatic nitrogens is 3. The van der Waals surface area contributed by atoms with Gasteiger partial charge >= 0.3 is 0 Å². The first-order valence-corrected chi connectivity index (χ1v) is 10.6. The van der Waals surface area contributed by atoms with Gasteiger partial charge in [-0.2, -0.15) is 0 Å². The molecule has 26 heavy (non-hydrogen) atoms. The van der Waals surface area contributed by atoms with Crippen LogP contribution in [0.3, 0.4) is 0 Å². The molecule has 7 nitrogen and oxygen atoms in total. The maximum atomic E-state index is 12.4. The largest absolute Gasteiger partial charge is 0.313 e. The zero-order valence-electron chi connectivity index (χ0n) is 15.4. The molecule has 142 valence electrons. The van der Waals surface area contributed by atoms with E-state index in [1.54, 1.807) is 30.3 Å². The molecule has 1 aliphatic heterocycles. The van der Waals surface area contributed by atoms with Crippen molar-refractivity contribution in [1.82, 2.24) is 24.4 Å². The molecule has 0 fully saturated rings. The van der Waals surface area contributed by atoms with Crippen molar-refractivity contribution in [3.63, 3.8) is 0 Å². The predicted molar refractivity (Wildman–Crippen MR) is 100 cm³/mol. The molecule has 3 rings (SSSR count). The minimum Gasteiger partial charge on any atom is -0.313 e. The third-order valence-corrected chi connectivity index (χ3v) is 6.11. The van der Waals surface area contributed by atoms with E-state index in [0.717, 1.165) is 38.4 Å². The summed E-state index contributed by atoms with van der Waals surface area (Å²) in [5, 5.41) is 8.47. The summed E-state index contributed by atoms with van der Waals surface area (Å²) in [4.78, 5) is 2.71. The lowest BCUT2D eigenvalue weighted by molar-refractivity contribution is 0.262. The first-order chi connectivity index (χ1) is 12.5. The first kappa shape index (κ1) is 19.0. The Labute approximate surface area is 155 Å². The fraction of sp³-hybridized carbons (Fsp3) is 0.556. The van der Waals surface area contributed by atoms with Gasteiger partial charge in [-0.05, 0) is 31.0 Å². The van der Waals surface area contributed by atoms with Crippen molar-refractivity contribution in [1.29, 1.82) is 0 Å². The van der Waals surface area contributed by atoms with E-state index in [4.69, 9.17) is 0 Å². The maximum Gasteiger partial charge on any atom is 0.240 e. The van der Waals surface area contributed by atoms with E-state index < -0.39 is 10.0 Å². The summed E-state index contributed by atoms with van der Waals surface area (Å²) in [6.45, 7) is 8.43. The highest BCUT2D eigenvalue weighted by Crippen LogP contribution is 2.13. The maximum absolute atomic E-state index is 12.4. The molecule has 0 aliphatic carbocycles. The van der Waals surface area contributed by atoms with Crippen LogP contribution in [0.5, 0.6) is 0 Å². The number of sulfonamides is 1. The van der Waals surface area contributed by atoms with Crippen LogP contribution in [-0.2, 0) is 29.5 Å². The van der Waals surface area contributed by atoms with Gasteiger partial charge in [0, 0.05) is 26.1 Å². The summed E-state index contributed by atoms with van der Waals surface area (Å²) in [5.41, 5.74) is 0. The van der Waals surface area contributed by atoms with Gasteiger partial charge in [-0.1, -0.05) is 32.0 Å². The molecule has 0 atom stereocenters. The van der Waals surface area contributed by atoms with E-state index in [-0.39, 0.29) is 11.4 Å². The Morgan fingerprint density at radius 3 is 2.62 bits per heavy atom. The zero-order chi connectivity index (χ0) is 18.6. The third-order valence-electron chi connectivity index (χ3n) is 4.69. The highest BCUT2D eigenvalue weighted by atomic mass is 32.2. The normalized spacial score (nSPS) is 15.8. The van der Waals surface area contributed by atoms with Crippen LogP contribution in [-0.4, -0.2) is 47.7 Å². The Kier molecular flexibility index (Phi) is 6.05. The average Bonchev–Trinajstić information content (AvgIpc) is 2.90. The Hall–Kier alpha value is -1.77. The number of nitrogens with one attached hydrogen (secondary N) is 1. The number of hydrogen-bond donors (Lipinski definition) is 1. The standard InChI is InChI=1S/C18H27N5O2S/c1-15(2)8-10-22-11-9-17-20-21-18(23(17)13-12-22)14-19-26(24,25)16-6-4-3-5-7-16/h3-7,15,19H,8-14H2,1-2H3. The number of benzene rings is 1. The topological polar surface area (TPSA) is 80.1 Å². The second kappa shape index (κ2) is 8.28. The van der Waals surface area contributed by atoms with E-state index in [1.165, 1.54) is 6.42 Å². The van der Waals surface area contributed by atoms with E-state index in [0.29, 0.717) is 11.7 Å². The van der Waals surface area contributed by atoms with Crippen molar-refractivity contribution in [2.24, 2.45) is 5.92 Å². The van der Waals surface area contributed by atoms with Crippen LogP contribution in [0, 0.1) is 5.92 Å². The lowest BCUT2D eigenvalue weighted by atomic mass is 10.1. The second-order valence-electron chi connectivity index (χ2n) is 7.10. The van der Waals surface area contributed by atoms with Gasteiger partial charge < -0.3 is 9.47 Å². The number of nitrogens with zero attached hydrogens (tertiary/aromatic N) is 4. The molecule has 0 bridgehead atoms. The number of hydrogen-bond acceptors (Lipinski definition) is 5. The summed E-state index contributed by atoms with van der Waals surface area (Å²) < 4.78 is 29.5. The fourth-order valence-electron chi connectivity index (χ4n) is 3.06. The summed E-state index contributed by atoms with van der Waals surface area (Å²) in [6, 6.07) is 8.38. The zero-order valence-corrected chi connectivity index (χ0v) is 16.2. The van der Waals surface area contributed by atoms with E-state index in [2.05, 4.69) is 38.2 Å². The smallest absolute Gasteiger partial charge is 0.240 e. The monoisotopic (exact) mass is 377 g/mol. The van der Waals surface area contributed by atoms with Gasteiger partial charge in [0.25, 0.3) is 0 Å². The second-order valence-corrected chi connectivity index (χ2v) is 8.86. The van der Waals surface area contributed by atoms with Crippen molar-refractivity contribution in [3.8, 4) is 0 Å². The molecule has 8 heteroatoms. The molecule has 2 aromatic rings. The lowest BCUT2D eigenvalue weighted by Gasteiger charge is -2.20. The molecule has 1 aromatic heterocycles. The quantitative estimate of drug-likeness (QED) is 0.794. The van der Waals surface area contributed by atoms with Crippen molar-refractivity contribution in [3.05, 3.63) is 42.0 Å². The van der Waals surface area contributed by atoms with E-state index >= 15 is 0 Å². The van der Waals surface area contributed by atoms with Gasteiger partial charge in [0.2, 0.25) is 10.0 Å². The Morgan fingerprint density at radius 1 is 1.12 bits per heavy atom. The summed E-state index contributed by atoms with van der Waals surface area (Å²) in [5.74, 6) is 2.30. The molecule has 0 saturated heterocycles. The van der Waals surface area contributed by atoms with Crippen molar-refractivity contribution < 1.29 is 8.42 Å². The molecule has 0 amide bonds. The Morgan fingerprint density at radius 2 is 1.88 bits per heavy atom. The number of fused-ring (bicyclic) bond motifs is 1. The predicted octanol–water partition coefficient (Wildman–Crippen LogP) is 1.66. The third kappa shape index (κ3) is 4.69. The molecule has 1 aromatic carbocycles. The van der Waals surface area contributed by atoms with Gasteiger partial charge in [0.1, 0.15) is 11.6 Å². The van der Waals surface area contributed by atoms with Crippen LogP contribution in [0.4, 0.5) is 0 Å². The first-order valence-electron chi connectivity index (χ1n) is 9.14. The molecule has 1 aliphatic rings. The molecule has 0 spiro atoms. The molecule has 0 saturated carbocycles. The van der Waals surface area contributed by atoms with Gasteiger partial charge in [-0.25, -0.2) is 13.1 Å². The van der Waals surface area contributed by atoms with E-state index in [9.17, 15) is 8.42 Å². The molecule has 1 N–H and O–H groups in total. The van der Waals surface area contributed by atoms with Crippen LogP contribution < -0.4 is 4.72 Å². The van der Waals surface area contributed by atoms with Gasteiger partial charge in [0.05, 0.1) is 11.4 Å². The van der Waals surface area contributed by atoms with Crippen LogP contribution in [0.1, 0.15) is 31.9 Å². The van der Waals surface area contributed by atoms with Crippen molar-refractivity contribution in [2.75, 3.05) is 19.6 Å². The van der Waals surface area contributed by atoms with E-state index in [1.807, 2.05) is 0 Å². The summed E-state index contributed by atoms with van der Waals surface area (Å²) >= 11 is 0. The molecule has 0 unspecified atom stereocenters. The minimum atomic E-state index is -3.54. The average molecular weight is 378 g/mol. The highest BCUT2D eigenvalue weighted by molar-refractivity contribution is 7.89. The lowest BCUT2D eigenvalue weighted by Crippen LogP contribution is -2.29. The Balaban J connectivity index is 1.63. The number of rotatable bonds is 7. The molecular weight excluding hydrogens is 350 g/mol. The van der Waals surface area contributed by atoms with Gasteiger partial charge in [0.15, 0.2) is 0 Å². The molecule has 2 heterocycles. The van der Waals surface area contributed by atoms with Crippen LogP contribution >= 0.6 is 0 Å². The highest BCUT2D eigenvalue weighted by Gasteiger charge is 2.20. The van der Waals surface area contributed by atoms with Crippen LogP contribution in [0.2, 0.25) is 0 Å².